The summed E-state index contributed by atoms with van der Waals surface area (Å²) >= 11 is 7.64. The van der Waals surface area contributed by atoms with Gasteiger partial charge in [0.1, 0.15) is 11.3 Å². The van der Waals surface area contributed by atoms with Crippen LogP contribution in [-0.2, 0) is 0 Å². The fraction of sp³-hybridized carbons (Fsp3) is 0.357. The average molecular weight is 323 g/mol. The number of nitrogens with zero attached hydrogens (tertiary/aromatic N) is 3. The van der Waals surface area contributed by atoms with Crippen molar-refractivity contribution in [2.24, 2.45) is 0 Å². The van der Waals surface area contributed by atoms with E-state index in [2.05, 4.69) is 20.2 Å². The van der Waals surface area contributed by atoms with Crippen LogP contribution in [-0.4, -0.2) is 35.0 Å². The van der Waals surface area contributed by atoms with Crippen molar-refractivity contribution < 1.29 is 4.79 Å². The first-order chi connectivity index (χ1) is 10.2. The fourth-order valence-electron chi connectivity index (χ4n) is 2.44. The lowest BCUT2D eigenvalue weighted by Crippen LogP contribution is -2.45. The molecule has 1 N–H and O–H groups in total. The van der Waals surface area contributed by atoms with Crippen LogP contribution >= 0.6 is 22.9 Å². The zero-order valence-corrected chi connectivity index (χ0v) is 12.9. The van der Waals surface area contributed by atoms with Crippen LogP contribution in [0.2, 0.25) is 5.02 Å². The van der Waals surface area contributed by atoms with E-state index >= 15 is 0 Å². The summed E-state index contributed by atoms with van der Waals surface area (Å²) in [7, 11) is 0. The van der Waals surface area contributed by atoms with Crippen molar-refractivity contribution in [1.82, 2.24) is 15.3 Å². The highest BCUT2D eigenvalue weighted by molar-refractivity contribution is 7.08. The number of carbonyl (C=O) groups is 1. The standard InChI is InChI=1S/C14H15ClN4OS/c15-12-7-16-9-17-13(12)19-4-1-11(2-5-19)18-14(20)10-3-6-21-8-10/h3,6-9,11H,1-2,4-5H2,(H,18,20). The molecule has 5 nitrogen and oxygen atoms in total. The van der Waals surface area contributed by atoms with Crippen molar-refractivity contribution in [2.75, 3.05) is 18.0 Å². The minimum absolute atomic E-state index is 0.00904. The highest BCUT2D eigenvalue weighted by Gasteiger charge is 2.23. The summed E-state index contributed by atoms with van der Waals surface area (Å²) < 4.78 is 0. The maximum Gasteiger partial charge on any atom is 0.252 e. The third-order valence-corrected chi connectivity index (χ3v) is 4.51. The van der Waals surface area contributed by atoms with Gasteiger partial charge >= 0.3 is 0 Å². The molecule has 110 valence electrons. The molecule has 1 aliphatic heterocycles. The van der Waals surface area contributed by atoms with Crippen molar-refractivity contribution in [1.29, 1.82) is 0 Å². The molecule has 2 aromatic rings. The van der Waals surface area contributed by atoms with Crippen LogP contribution in [0.25, 0.3) is 0 Å². The van der Waals surface area contributed by atoms with Gasteiger partial charge in [-0.05, 0) is 24.3 Å². The van der Waals surface area contributed by atoms with Crippen LogP contribution in [0, 0.1) is 0 Å². The number of piperidine rings is 1. The number of rotatable bonds is 3. The number of halogens is 1. The molecule has 0 bridgehead atoms. The van der Waals surface area contributed by atoms with Crippen LogP contribution in [0.5, 0.6) is 0 Å². The molecule has 7 heteroatoms. The fourth-order valence-corrected chi connectivity index (χ4v) is 3.30. The first-order valence-electron chi connectivity index (χ1n) is 6.77. The molecule has 3 rings (SSSR count). The number of anilines is 1. The minimum Gasteiger partial charge on any atom is -0.355 e. The number of hydrogen-bond donors (Lipinski definition) is 1. The summed E-state index contributed by atoms with van der Waals surface area (Å²) in [4.78, 5) is 22.3. The highest BCUT2D eigenvalue weighted by atomic mass is 35.5. The Kier molecular flexibility index (Phi) is 4.36. The van der Waals surface area contributed by atoms with E-state index in [0.29, 0.717) is 5.02 Å². The predicted octanol–water partition coefficient (Wildman–Crippen LogP) is 2.59. The summed E-state index contributed by atoms with van der Waals surface area (Å²) in [6.07, 6.45) is 4.88. The third-order valence-electron chi connectivity index (χ3n) is 3.56. The van der Waals surface area contributed by atoms with Gasteiger partial charge in [-0.15, -0.1) is 0 Å². The topological polar surface area (TPSA) is 58.1 Å². The van der Waals surface area contributed by atoms with Crippen molar-refractivity contribution in [3.05, 3.63) is 39.9 Å². The smallest absolute Gasteiger partial charge is 0.252 e. The molecular formula is C14H15ClN4OS. The van der Waals surface area contributed by atoms with Gasteiger partial charge in [-0.3, -0.25) is 4.79 Å². The Morgan fingerprint density at radius 2 is 2.24 bits per heavy atom. The maximum atomic E-state index is 12.0. The second-order valence-electron chi connectivity index (χ2n) is 4.94. The van der Waals surface area contributed by atoms with Crippen LogP contribution in [0.15, 0.2) is 29.4 Å². The summed E-state index contributed by atoms with van der Waals surface area (Å²) in [5.41, 5.74) is 0.737. The van der Waals surface area contributed by atoms with Crippen molar-refractivity contribution in [3.63, 3.8) is 0 Å². The molecule has 1 saturated heterocycles. The van der Waals surface area contributed by atoms with Crippen molar-refractivity contribution >= 4 is 34.7 Å². The quantitative estimate of drug-likeness (QED) is 0.943. The van der Waals surface area contributed by atoms with E-state index in [1.807, 2.05) is 16.8 Å². The van der Waals surface area contributed by atoms with Gasteiger partial charge < -0.3 is 10.2 Å². The van der Waals surface area contributed by atoms with Gasteiger partial charge in [0.15, 0.2) is 5.82 Å². The van der Waals surface area contributed by atoms with Gasteiger partial charge in [0, 0.05) is 30.1 Å². The van der Waals surface area contributed by atoms with Gasteiger partial charge in [0.25, 0.3) is 5.91 Å². The van der Waals surface area contributed by atoms with E-state index < -0.39 is 0 Å². The number of aromatic nitrogens is 2. The Morgan fingerprint density at radius 3 is 2.90 bits per heavy atom. The van der Waals surface area contributed by atoms with Gasteiger partial charge in [-0.2, -0.15) is 11.3 Å². The summed E-state index contributed by atoms with van der Waals surface area (Å²) in [6, 6.07) is 2.05. The van der Waals surface area contributed by atoms with Crippen LogP contribution < -0.4 is 10.2 Å². The summed E-state index contributed by atoms with van der Waals surface area (Å²) in [5.74, 6) is 0.782. The van der Waals surface area contributed by atoms with Gasteiger partial charge in [0.05, 0.1) is 6.20 Å². The summed E-state index contributed by atoms with van der Waals surface area (Å²) in [5, 5.41) is 7.43. The number of nitrogens with one attached hydrogen (secondary N) is 1. The Labute approximate surface area is 132 Å². The molecule has 3 heterocycles. The molecule has 2 aromatic heterocycles. The molecule has 0 unspecified atom stereocenters. The number of amides is 1. The van der Waals surface area contributed by atoms with E-state index in [0.717, 1.165) is 37.3 Å². The minimum atomic E-state index is 0.00904. The largest absolute Gasteiger partial charge is 0.355 e. The molecule has 0 radical (unpaired) electrons. The summed E-state index contributed by atoms with van der Waals surface area (Å²) in [6.45, 7) is 1.65. The zero-order chi connectivity index (χ0) is 14.7. The van der Waals surface area contributed by atoms with Crippen LogP contribution in [0.1, 0.15) is 23.2 Å². The molecule has 0 aromatic carbocycles. The second-order valence-corrected chi connectivity index (χ2v) is 6.13. The van der Waals surface area contributed by atoms with E-state index in [4.69, 9.17) is 11.6 Å². The second kappa shape index (κ2) is 6.41. The highest BCUT2D eigenvalue weighted by Crippen LogP contribution is 2.24. The molecule has 0 spiro atoms. The molecule has 21 heavy (non-hydrogen) atoms. The van der Waals surface area contributed by atoms with E-state index in [1.54, 1.807) is 6.20 Å². The van der Waals surface area contributed by atoms with Gasteiger partial charge in [0.2, 0.25) is 0 Å². The van der Waals surface area contributed by atoms with Gasteiger partial charge in [-0.1, -0.05) is 11.6 Å². The lowest BCUT2D eigenvalue weighted by Gasteiger charge is -2.33. The SMILES string of the molecule is O=C(NC1CCN(c2ncncc2Cl)CC1)c1ccsc1. The molecular weight excluding hydrogens is 308 g/mol. The molecule has 0 atom stereocenters. The monoisotopic (exact) mass is 322 g/mol. The average Bonchev–Trinajstić information content (AvgIpc) is 3.03. The first kappa shape index (κ1) is 14.3. The van der Waals surface area contributed by atoms with Crippen molar-refractivity contribution in [2.45, 2.75) is 18.9 Å². The molecule has 0 aliphatic carbocycles. The number of hydrogen-bond acceptors (Lipinski definition) is 5. The first-order valence-corrected chi connectivity index (χ1v) is 8.09. The Bertz CT molecular complexity index is 611. The Hall–Kier alpha value is -1.66. The number of carbonyl (C=O) groups excluding carboxylic acids is 1. The number of thiophene rings is 1. The van der Waals surface area contributed by atoms with Crippen LogP contribution in [0.4, 0.5) is 5.82 Å². The lowest BCUT2D eigenvalue weighted by atomic mass is 10.0. The molecule has 1 amide bonds. The van der Waals surface area contributed by atoms with E-state index in [-0.39, 0.29) is 11.9 Å². The zero-order valence-electron chi connectivity index (χ0n) is 11.3. The van der Waals surface area contributed by atoms with Crippen LogP contribution in [0.3, 0.4) is 0 Å². The maximum absolute atomic E-state index is 12.0. The van der Waals surface area contributed by atoms with E-state index in [9.17, 15) is 4.79 Å². The van der Waals surface area contributed by atoms with E-state index in [1.165, 1.54) is 17.7 Å². The Balaban J connectivity index is 1.56. The van der Waals surface area contributed by atoms with Gasteiger partial charge in [-0.25, -0.2) is 9.97 Å². The molecule has 0 saturated carbocycles. The Morgan fingerprint density at radius 1 is 1.43 bits per heavy atom. The lowest BCUT2D eigenvalue weighted by molar-refractivity contribution is 0.0931. The van der Waals surface area contributed by atoms with Crippen molar-refractivity contribution in [3.8, 4) is 0 Å². The normalized spacial score (nSPS) is 16.0. The predicted molar refractivity (Wildman–Crippen MR) is 84.1 cm³/mol. The molecule has 1 fully saturated rings. The molecule has 1 aliphatic rings. The third kappa shape index (κ3) is 3.33.